The molecule has 2 amide bonds. The summed E-state index contributed by atoms with van der Waals surface area (Å²) in [7, 11) is 0. The van der Waals surface area contributed by atoms with Crippen LogP contribution in [0.2, 0.25) is 0 Å². The quantitative estimate of drug-likeness (QED) is 0.437. The average Bonchev–Trinajstić information content (AvgIpc) is 2.70. The molecule has 4 N–H and O–H groups in total. The van der Waals surface area contributed by atoms with Crippen LogP contribution in [0.5, 0.6) is 0 Å². The predicted molar refractivity (Wildman–Crippen MR) is 108 cm³/mol. The van der Waals surface area contributed by atoms with E-state index in [4.69, 9.17) is 5.73 Å². The zero-order chi connectivity index (χ0) is 20.1. The maximum absolute atomic E-state index is 14.5. The van der Waals surface area contributed by atoms with Crippen LogP contribution in [-0.4, -0.2) is 11.8 Å². The summed E-state index contributed by atoms with van der Waals surface area (Å²) in [5.41, 5.74) is 10.0. The molecule has 0 aliphatic heterocycles. The molecule has 0 aromatic heterocycles. The summed E-state index contributed by atoms with van der Waals surface area (Å²) in [6.45, 7) is 1.62. The highest BCUT2D eigenvalue weighted by Gasteiger charge is 2.16. The molecule has 0 radical (unpaired) electrons. The van der Waals surface area contributed by atoms with E-state index in [0.717, 1.165) is 23.1 Å². The predicted octanol–water partition coefficient (Wildman–Crippen LogP) is 3.84. The number of hydrazine groups is 1. The highest BCUT2D eigenvalue weighted by Crippen LogP contribution is 2.25. The molecule has 0 aliphatic carbocycles. The number of nitrogens with one attached hydrogen (secondary N) is 2. The number of rotatable bonds is 6. The molecule has 0 atom stereocenters. The Hall–Kier alpha value is -3.16. The van der Waals surface area contributed by atoms with E-state index in [1.165, 1.54) is 6.07 Å². The van der Waals surface area contributed by atoms with E-state index in [1.54, 1.807) is 37.3 Å². The average molecular weight is 395 g/mol. The molecule has 7 heteroatoms. The van der Waals surface area contributed by atoms with Crippen molar-refractivity contribution >= 4 is 23.8 Å². The third-order valence-corrected chi connectivity index (χ3v) is 4.75. The molecule has 0 fully saturated rings. The Kier molecular flexibility index (Phi) is 6.08. The highest BCUT2D eigenvalue weighted by atomic mass is 32.2. The van der Waals surface area contributed by atoms with E-state index in [2.05, 4.69) is 10.3 Å². The van der Waals surface area contributed by atoms with Gasteiger partial charge in [-0.1, -0.05) is 36.4 Å². The minimum absolute atomic E-state index is 0.0576. The van der Waals surface area contributed by atoms with E-state index in [-0.39, 0.29) is 5.56 Å². The Morgan fingerprint density at radius 3 is 2.43 bits per heavy atom. The van der Waals surface area contributed by atoms with Gasteiger partial charge in [0.1, 0.15) is 5.82 Å². The van der Waals surface area contributed by atoms with Gasteiger partial charge in [-0.2, -0.15) is 4.83 Å². The van der Waals surface area contributed by atoms with Gasteiger partial charge in [0.05, 0.1) is 5.56 Å². The fourth-order valence-corrected chi connectivity index (χ4v) is 3.24. The fraction of sp³-hybridized carbons (Fsp3) is 0.0476. The second-order valence-corrected chi connectivity index (χ2v) is 6.95. The molecule has 0 aliphatic rings. The van der Waals surface area contributed by atoms with E-state index < -0.39 is 17.6 Å². The number of aryl methyl sites for hydroxylation is 1. The van der Waals surface area contributed by atoms with Gasteiger partial charge >= 0.3 is 0 Å². The van der Waals surface area contributed by atoms with Crippen molar-refractivity contribution in [1.82, 2.24) is 10.3 Å². The van der Waals surface area contributed by atoms with Crippen molar-refractivity contribution in [3.8, 4) is 11.1 Å². The van der Waals surface area contributed by atoms with Crippen LogP contribution in [0.25, 0.3) is 11.1 Å². The van der Waals surface area contributed by atoms with Crippen LogP contribution in [-0.2, 0) is 0 Å². The fourth-order valence-electron chi connectivity index (χ4n) is 2.64. The molecule has 0 saturated carbocycles. The Morgan fingerprint density at radius 2 is 1.71 bits per heavy atom. The first kappa shape index (κ1) is 19.6. The minimum Gasteiger partial charge on any atom is -0.366 e. The molecular formula is C21H18FN3O2S. The number of primary amides is 1. The zero-order valence-electron chi connectivity index (χ0n) is 15.0. The lowest BCUT2D eigenvalue weighted by Gasteiger charge is -2.11. The van der Waals surface area contributed by atoms with Gasteiger partial charge < -0.3 is 5.73 Å². The number of carbonyl (C=O) groups excluding carboxylic acids is 2. The summed E-state index contributed by atoms with van der Waals surface area (Å²) in [6.07, 6.45) is 0. The van der Waals surface area contributed by atoms with E-state index >= 15 is 0 Å². The van der Waals surface area contributed by atoms with Crippen molar-refractivity contribution in [3.05, 3.63) is 89.2 Å². The van der Waals surface area contributed by atoms with Crippen molar-refractivity contribution < 1.29 is 14.0 Å². The second-order valence-electron chi connectivity index (χ2n) is 6.07. The lowest BCUT2D eigenvalue weighted by molar-refractivity contribution is 0.0941. The largest absolute Gasteiger partial charge is 0.366 e. The summed E-state index contributed by atoms with van der Waals surface area (Å²) in [6, 6.07) is 19.3. The SMILES string of the molecule is Cc1cc(-c2ccccc2)cc(C(=O)NNSc2cccc(C(N)=O)c2)c1F. The second kappa shape index (κ2) is 8.69. The van der Waals surface area contributed by atoms with Gasteiger partial charge in [0.2, 0.25) is 5.91 Å². The molecule has 3 aromatic carbocycles. The summed E-state index contributed by atoms with van der Waals surface area (Å²) < 4.78 is 14.5. The van der Waals surface area contributed by atoms with Gasteiger partial charge in [-0.25, -0.2) is 4.39 Å². The Balaban J connectivity index is 1.73. The van der Waals surface area contributed by atoms with Gasteiger partial charge in [0, 0.05) is 10.5 Å². The molecule has 0 heterocycles. The number of nitrogens with two attached hydrogens (primary N) is 1. The molecule has 0 spiro atoms. The zero-order valence-corrected chi connectivity index (χ0v) is 15.8. The van der Waals surface area contributed by atoms with Crippen LogP contribution in [0.4, 0.5) is 4.39 Å². The lowest BCUT2D eigenvalue weighted by atomic mass is 9.99. The number of benzene rings is 3. The van der Waals surface area contributed by atoms with E-state index in [0.29, 0.717) is 16.0 Å². The van der Waals surface area contributed by atoms with Gasteiger partial charge in [0.15, 0.2) is 0 Å². The molecule has 5 nitrogen and oxygen atoms in total. The molecule has 0 bridgehead atoms. The highest BCUT2D eigenvalue weighted by molar-refractivity contribution is 7.97. The Labute approximate surface area is 166 Å². The van der Waals surface area contributed by atoms with Gasteiger partial charge in [-0.15, -0.1) is 0 Å². The van der Waals surface area contributed by atoms with Crippen LogP contribution in [0, 0.1) is 12.7 Å². The third kappa shape index (κ3) is 4.57. The molecule has 3 aromatic rings. The van der Waals surface area contributed by atoms with Crippen molar-refractivity contribution in [2.45, 2.75) is 11.8 Å². The first-order valence-corrected chi connectivity index (χ1v) is 9.25. The summed E-state index contributed by atoms with van der Waals surface area (Å²) in [5.74, 6) is -1.71. The van der Waals surface area contributed by atoms with Crippen LogP contribution < -0.4 is 16.0 Å². The van der Waals surface area contributed by atoms with E-state index in [1.807, 2.05) is 30.3 Å². The number of hydrogen-bond acceptors (Lipinski definition) is 4. The van der Waals surface area contributed by atoms with Gasteiger partial charge in [-0.05, 0) is 65.9 Å². The number of amides is 2. The number of hydrogen-bond donors (Lipinski definition) is 3. The lowest BCUT2D eigenvalue weighted by Crippen LogP contribution is -2.33. The third-order valence-electron chi connectivity index (χ3n) is 4.06. The summed E-state index contributed by atoms with van der Waals surface area (Å²) in [4.78, 5) is 27.0. The van der Waals surface area contributed by atoms with Crippen molar-refractivity contribution in [3.63, 3.8) is 0 Å². The molecule has 3 rings (SSSR count). The van der Waals surface area contributed by atoms with Crippen LogP contribution in [0.15, 0.2) is 71.6 Å². The van der Waals surface area contributed by atoms with Crippen molar-refractivity contribution in [2.75, 3.05) is 0 Å². The monoisotopic (exact) mass is 395 g/mol. The van der Waals surface area contributed by atoms with Crippen molar-refractivity contribution in [1.29, 1.82) is 0 Å². The Bertz CT molecular complexity index is 1030. The topological polar surface area (TPSA) is 84.2 Å². The Morgan fingerprint density at radius 1 is 0.964 bits per heavy atom. The van der Waals surface area contributed by atoms with Crippen LogP contribution >= 0.6 is 11.9 Å². The van der Waals surface area contributed by atoms with Crippen LogP contribution in [0.3, 0.4) is 0 Å². The maximum Gasteiger partial charge on any atom is 0.269 e. The first-order chi connectivity index (χ1) is 13.5. The molecule has 28 heavy (non-hydrogen) atoms. The molecule has 142 valence electrons. The summed E-state index contributed by atoms with van der Waals surface area (Å²) >= 11 is 1.07. The molecular weight excluding hydrogens is 377 g/mol. The van der Waals surface area contributed by atoms with Gasteiger partial charge in [-0.3, -0.25) is 15.0 Å². The standard InChI is InChI=1S/C21H18FN3O2S/c1-13-10-16(14-6-3-2-4-7-14)12-18(19(13)22)21(27)24-25-28-17-9-5-8-15(11-17)20(23)26/h2-12,25H,1H3,(H2,23,26)(H,24,27). The molecule has 0 saturated heterocycles. The number of carbonyl (C=O) groups is 2. The normalized spacial score (nSPS) is 10.5. The first-order valence-electron chi connectivity index (χ1n) is 8.43. The van der Waals surface area contributed by atoms with Crippen molar-refractivity contribution in [2.24, 2.45) is 5.73 Å². The maximum atomic E-state index is 14.5. The molecule has 0 unspecified atom stereocenters. The minimum atomic E-state index is -0.600. The van der Waals surface area contributed by atoms with Crippen LogP contribution in [0.1, 0.15) is 26.3 Å². The smallest absolute Gasteiger partial charge is 0.269 e. The van der Waals surface area contributed by atoms with Gasteiger partial charge in [0.25, 0.3) is 5.91 Å². The van der Waals surface area contributed by atoms with E-state index in [9.17, 15) is 14.0 Å². The number of halogens is 1. The summed E-state index contributed by atoms with van der Waals surface area (Å²) in [5, 5.41) is 0.